The Bertz CT molecular complexity index is 735. The highest BCUT2D eigenvalue weighted by Gasteiger charge is 2.20. The number of benzene rings is 1. The van der Waals surface area contributed by atoms with Crippen molar-refractivity contribution < 1.29 is 0 Å². The fourth-order valence-corrected chi connectivity index (χ4v) is 4.06. The third-order valence-electron chi connectivity index (χ3n) is 4.63. The van der Waals surface area contributed by atoms with E-state index in [2.05, 4.69) is 46.5 Å². The number of likely N-dealkylation sites (tertiary alicyclic amines) is 1. The van der Waals surface area contributed by atoms with E-state index in [4.69, 9.17) is 16.6 Å². The van der Waals surface area contributed by atoms with Crippen LogP contribution in [0.15, 0.2) is 35.5 Å². The molecule has 27 heavy (non-hydrogen) atoms. The molecule has 0 amide bonds. The molecule has 0 atom stereocenters. The molecular formula is C20H28ClN5S. The van der Waals surface area contributed by atoms with Gasteiger partial charge in [0.1, 0.15) is 5.01 Å². The van der Waals surface area contributed by atoms with Gasteiger partial charge < -0.3 is 10.6 Å². The molecular weight excluding hydrogens is 378 g/mol. The molecule has 2 N–H and O–H groups in total. The molecule has 1 saturated heterocycles. The normalized spacial score (nSPS) is 16.5. The first-order valence-corrected chi connectivity index (χ1v) is 10.7. The zero-order chi connectivity index (χ0) is 19.1. The van der Waals surface area contributed by atoms with Crippen molar-refractivity contribution >= 4 is 28.9 Å². The lowest BCUT2D eigenvalue weighted by Gasteiger charge is -2.33. The van der Waals surface area contributed by atoms with Gasteiger partial charge in [0.25, 0.3) is 0 Å². The molecule has 1 aromatic heterocycles. The molecule has 146 valence electrons. The van der Waals surface area contributed by atoms with Gasteiger partial charge in [0.2, 0.25) is 0 Å². The van der Waals surface area contributed by atoms with Crippen molar-refractivity contribution in [3.05, 3.63) is 50.9 Å². The minimum atomic E-state index is 0.460. The standard InChI is InChI=1S/C20H28ClN5S/c1-3-22-20(24-13-19-23-12-15(2)27-19)25-18-8-10-26(11-9-18)14-16-4-6-17(21)7-5-16/h4-7,12,18H,3,8-11,13-14H2,1-2H3,(H2,22,24,25). The van der Waals surface area contributed by atoms with Crippen molar-refractivity contribution in [1.82, 2.24) is 20.5 Å². The number of thiazole rings is 1. The molecule has 2 aromatic rings. The van der Waals surface area contributed by atoms with Gasteiger partial charge in [0, 0.05) is 48.3 Å². The van der Waals surface area contributed by atoms with Gasteiger partial charge in [-0.3, -0.25) is 4.90 Å². The van der Waals surface area contributed by atoms with E-state index in [1.54, 1.807) is 11.3 Å². The highest BCUT2D eigenvalue weighted by Crippen LogP contribution is 2.16. The Morgan fingerprint density at radius 1 is 1.30 bits per heavy atom. The first-order valence-electron chi connectivity index (χ1n) is 9.55. The van der Waals surface area contributed by atoms with Crippen molar-refractivity contribution in [1.29, 1.82) is 0 Å². The molecule has 5 nitrogen and oxygen atoms in total. The highest BCUT2D eigenvalue weighted by molar-refractivity contribution is 7.11. The van der Waals surface area contributed by atoms with Gasteiger partial charge in [-0.2, -0.15) is 0 Å². The van der Waals surface area contributed by atoms with Crippen LogP contribution in [0.5, 0.6) is 0 Å². The average molecular weight is 406 g/mol. The zero-order valence-electron chi connectivity index (χ0n) is 16.0. The second-order valence-electron chi connectivity index (χ2n) is 6.88. The van der Waals surface area contributed by atoms with E-state index in [9.17, 15) is 0 Å². The second-order valence-corrected chi connectivity index (χ2v) is 8.64. The number of nitrogens with zero attached hydrogens (tertiary/aromatic N) is 3. The Balaban J connectivity index is 1.47. The smallest absolute Gasteiger partial charge is 0.191 e. The summed E-state index contributed by atoms with van der Waals surface area (Å²) < 4.78 is 0. The molecule has 3 rings (SSSR count). The number of rotatable bonds is 6. The van der Waals surface area contributed by atoms with Crippen molar-refractivity contribution in [3.8, 4) is 0 Å². The van der Waals surface area contributed by atoms with Gasteiger partial charge in [-0.05, 0) is 44.4 Å². The molecule has 1 fully saturated rings. The van der Waals surface area contributed by atoms with Gasteiger partial charge in [-0.15, -0.1) is 11.3 Å². The molecule has 0 bridgehead atoms. The number of aromatic nitrogens is 1. The summed E-state index contributed by atoms with van der Waals surface area (Å²) in [7, 11) is 0. The molecule has 1 aliphatic heterocycles. The lowest BCUT2D eigenvalue weighted by atomic mass is 10.0. The Morgan fingerprint density at radius 3 is 2.67 bits per heavy atom. The van der Waals surface area contributed by atoms with Gasteiger partial charge in [0.05, 0.1) is 6.54 Å². The number of hydrogen-bond acceptors (Lipinski definition) is 4. The van der Waals surface area contributed by atoms with Gasteiger partial charge >= 0.3 is 0 Å². The maximum atomic E-state index is 5.97. The van der Waals surface area contributed by atoms with Crippen LogP contribution in [-0.4, -0.2) is 41.5 Å². The van der Waals surface area contributed by atoms with Crippen LogP contribution in [0, 0.1) is 6.92 Å². The molecule has 0 spiro atoms. The van der Waals surface area contributed by atoms with Crippen LogP contribution in [0.2, 0.25) is 5.02 Å². The number of halogens is 1. The average Bonchev–Trinajstić information content (AvgIpc) is 3.09. The molecule has 0 radical (unpaired) electrons. The van der Waals surface area contributed by atoms with Crippen molar-refractivity contribution in [2.45, 2.75) is 45.8 Å². The lowest BCUT2D eigenvalue weighted by Crippen LogP contribution is -2.48. The fourth-order valence-electron chi connectivity index (χ4n) is 3.22. The predicted octanol–water partition coefficient (Wildman–Crippen LogP) is 3.82. The van der Waals surface area contributed by atoms with Crippen LogP contribution in [0.25, 0.3) is 0 Å². The summed E-state index contributed by atoms with van der Waals surface area (Å²) in [6, 6.07) is 8.62. The third-order valence-corrected chi connectivity index (χ3v) is 5.78. The largest absolute Gasteiger partial charge is 0.357 e. The number of guanidine groups is 1. The van der Waals surface area contributed by atoms with Gasteiger partial charge in [-0.1, -0.05) is 23.7 Å². The van der Waals surface area contributed by atoms with E-state index in [0.717, 1.165) is 55.0 Å². The Hall–Kier alpha value is -1.63. The van der Waals surface area contributed by atoms with E-state index >= 15 is 0 Å². The molecule has 0 unspecified atom stereocenters. The van der Waals surface area contributed by atoms with Crippen LogP contribution in [-0.2, 0) is 13.1 Å². The third kappa shape index (κ3) is 6.48. The number of hydrogen-bond donors (Lipinski definition) is 2. The molecule has 0 aliphatic carbocycles. The van der Waals surface area contributed by atoms with E-state index in [-0.39, 0.29) is 0 Å². The summed E-state index contributed by atoms with van der Waals surface area (Å²) in [5.41, 5.74) is 1.32. The van der Waals surface area contributed by atoms with E-state index in [1.165, 1.54) is 10.4 Å². The minimum absolute atomic E-state index is 0.460. The molecule has 2 heterocycles. The number of piperidine rings is 1. The summed E-state index contributed by atoms with van der Waals surface area (Å²) in [5, 5.41) is 8.80. The Labute approximate surface area is 170 Å². The van der Waals surface area contributed by atoms with E-state index < -0.39 is 0 Å². The number of aryl methyl sites for hydroxylation is 1. The van der Waals surface area contributed by atoms with Crippen LogP contribution >= 0.6 is 22.9 Å². The Kier molecular flexibility index (Phi) is 7.50. The Morgan fingerprint density at radius 2 is 2.04 bits per heavy atom. The molecule has 1 aromatic carbocycles. The van der Waals surface area contributed by atoms with E-state index in [1.807, 2.05) is 18.3 Å². The van der Waals surface area contributed by atoms with Crippen LogP contribution in [0.1, 0.15) is 35.2 Å². The van der Waals surface area contributed by atoms with Crippen LogP contribution in [0.3, 0.4) is 0 Å². The van der Waals surface area contributed by atoms with Crippen molar-refractivity contribution in [2.24, 2.45) is 4.99 Å². The van der Waals surface area contributed by atoms with Crippen molar-refractivity contribution in [2.75, 3.05) is 19.6 Å². The maximum Gasteiger partial charge on any atom is 0.191 e. The summed E-state index contributed by atoms with van der Waals surface area (Å²) in [6.07, 6.45) is 4.15. The summed E-state index contributed by atoms with van der Waals surface area (Å²) >= 11 is 7.68. The molecule has 7 heteroatoms. The van der Waals surface area contributed by atoms with Gasteiger partial charge in [-0.25, -0.2) is 9.98 Å². The molecule has 1 aliphatic rings. The quantitative estimate of drug-likeness (QED) is 0.566. The SMILES string of the molecule is CCNC(=NCc1ncc(C)s1)NC1CCN(Cc2ccc(Cl)cc2)CC1. The highest BCUT2D eigenvalue weighted by atomic mass is 35.5. The minimum Gasteiger partial charge on any atom is -0.357 e. The lowest BCUT2D eigenvalue weighted by molar-refractivity contribution is 0.198. The van der Waals surface area contributed by atoms with E-state index in [0.29, 0.717) is 12.6 Å². The van der Waals surface area contributed by atoms with Crippen LogP contribution in [0.4, 0.5) is 0 Å². The van der Waals surface area contributed by atoms with Crippen LogP contribution < -0.4 is 10.6 Å². The number of aliphatic imine (C=N–C) groups is 1. The number of nitrogens with one attached hydrogen (secondary N) is 2. The first-order chi connectivity index (χ1) is 13.1. The summed E-state index contributed by atoms with van der Waals surface area (Å²) in [5.74, 6) is 0.890. The van der Waals surface area contributed by atoms with Gasteiger partial charge in [0.15, 0.2) is 5.96 Å². The topological polar surface area (TPSA) is 52.6 Å². The second kappa shape index (κ2) is 10.1. The summed E-state index contributed by atoms with van der Waals surface area (Å²) in [4.78, 5) is 12.8. The van der Waals surface area contributed by atoms with Crippen molar-refractivity contribution in [3.63, 3.8) is 0 Å². The monoisotopic (exact) mass is 405 g/mol. The fraction of sp³-hybridized carbons (Fsp3) is 0.500. The first kappa shape index (κ1) is 20.1. The molecule has 0 saturated carbocycles. The summed E-state index contributed by atoms with van der Waals surface area (Å²) in [6.45, 7) is 8.82. The maximum absolute atomic E-state index is 5.97. The zero-order valence-corrected chi connectivity index (χ0v) is 17.6. The predicted molar refractivity (Wildman–Crippen MR) is 115 cm³/mol.